The van der Waals surface area contributed by atoms with Gasteiger partial charge in [-0.2, -0.15) is 0 Å². The molecule has 90 valence electrons. The van der Waals surface area contributed by atoms with Crippen molar-refractivity contribution in [3.8, 4) is 5.75 Å². The average Bonchev–Trinajstić information content (AvgIpc) is 2.39. The van der Waals surface area contributed by atoms with E-state index >= 15 is 0 Å². The lowest BCUT2D eigenvalue weighted by Crippen LogP contribution is -2.02. The highest BCUT2D eigenvalue weighted by molar-refractivity contribution is 5.35. The number of hydrogen-bond donors (Lipinski definition) is 1. The zero-order valence-electron chi connectivity index (χ0n) is 10.3. The Morgan fingerprint density at radius 2 is 1.82 bits per heavy atom. The van der Waals surface area contributed by atoms with E-state index in [4.69, 9.17) is 4.74 Å². The van der Waals surface area contributed by atoms with Crippen molar-refractivity contribution in [1.82, 2.24) is 0 Å². The van der Waals surface area contributed by atoms with Gasteiger partial charge in [0.25, 0.3) is 0 Å². The van der Waals surface area contributed by atoms with Gasteiger partial charge in [-0.05, 0) is 30.2 Å². The minimum absolute atomic E-state index is 0.320. The predicted octanol–water partition coefficient (Wildman–Crippen LogP) is 3.75. The number of phenols is 1. The van der Waals surface area contributed by atoms with Crippen molar-refractivity contribution in [2.45, 2.75) is 25.7 Å². The Hall–Kier alpha value is -1.70. The predicted molar refractivity (Wildman–Crippen MR) is 68.9 cm³/mol. The summed E-state index contributed by atoms with van der Waals surface area (Å²) in [5, 5.41) is 9.27. The molecule has 1 aromatic rings. The summed E-state index contributed by atoms with van der Waals surface area (Å²) in [5.41, 5.74) is 2.65. The van der Waals surface area contributed by atoms with Crippen molar-refractivity contribution < 1.29 is 9.84 Å². The summed E-state index contributed by atoms with van der Waals surface area (Å²) in [5.74, 6) is 1.76. The molecule has 1 N–H and O–H groups in total. The smallest absolute Gasteiger partial charge is 0.115 e. The van der Waals surface area contributed by atoms with Crippen molar-refractivity contribution in [3.63, 3.8) is 0 Å². The zero-order chi connectivity index (χ0) is 12.3. The maximum absolute atomic E-state index is 9.27. The first-order valence-electron chi connectivity index (χ1n) is 5.93. The Morgan fingerprint density at radius 1 is 1.12 bits per heavy atom. The summed E-state index contributed by atoms with van der Waals surface area (Å²) in [7, 11) is 1.72. The molecule has 0 spiro atoms. The SMILES string of the molecule is COC1=CC=C(C(C)c2ccc(O)cc2)CC1. The van der Waals surface area contributed by atoms with Gasteiger partial charge in [-0.1, -0.05) is 30.7 Å². The maximum atomic E-state index is 9.27. The fraction of sp³-hybridized carbons (Fsp3) is 0.333. The summed E-state index contributed by atoms with van der Waals surface area (Å²) in [4.78, 5) is 0. The summed E-state index contributed by atoms with van der Waals surface area (Å²) < 4.78 is 5.22. The lowest BCUT2D eigenvalue weighted by atomic mass is 9.87. The molecule has 1 aliphatic rings. The van der Waals surface area contributed by atoms with E-state index in [1.54, 1.807) is 19.2 Å². The minimum Gasteiger partial charge on any atom is -0.508 e. The lowest BCUT2D eigenvalue weighted by Gasteiger charge is -2.20. The molecular weight excluding hydrogens is 212 g/mol. The number of benzene rings is 1. The molecule has 0 heterocycles. The maximum Gasteiger partial charge on any atom is 0.115 e. The Labute approximate surface area is 102 Å². The van der Waals surface area contributed by atoms with Gasteiger partial charge < -0.3 is 9.84 Å². The Balaban J connectivity index is 2.16. The summed E-state index contributed by atoms with van der Waals surface area (Å²) in [6.07, 6.45) is 6.22. The van der Waals surface area contributed by atoms with Gasteiger partial charge in [0.1, 0.15) is 5.75 Å². The molecule has 0 aliphatic heterocycles. The first-order valence-corrected chi connectivity index (χ1v) is 5.93. The highest BCUT2D eigenvalue weighted by Gasteiger charge is 2.14. The fourth-order valence-corrected chi connectivity index (χ4v) is 2.14. The van der Waals surface area contributed by atoms with E-state index in [0.717, 1.165) is 18.6 Å². The van der Waals surface area contributed by atoms with Gasteiger partial charge >= 0.3 is 0 Å². The molecule has 2 heteroatoms. The summed E-state index contributed by atoms with van der Waals surface area (Å²) >= 11 is 0. The summed E-state index contributed by atoms with van der Waals surface area (Å²) in [6.45, 7) is 2.20. The van der Waals surface area contributed by atoms with Crippen LogP contribution in [0.4, 0.5) is 0 Å². The van der Waals surface area contributed by atoms with Crippen molar-refractivity contribution in [2.24, 2.45) is 0 Å². The van der Waals surface area contributed by atoms with Crippen LogP contribution >= 0.6 is 0 Å². The normalized spacial score (nSPS) is 17.1. The Bertz CT molecular complexity index is 440. The molecule has 0 fully saturated rings. The third kappa shape index (κ3) is 2.70. The van der Waals surface area contributed by atoms with E-state index in [0.29, 0.717) is 11.7 Å². The van der Waals surface area contributed by atoms with Crippen molar-refractivity contribution >= 4 is 0 Å². The van der Waals surface area contributed by atoms with Crippen molar-refractivity contribution in [3.05, 3.63) is 53.3 Å². The second-order valence-corrected chi connectivity index (χ2v) is 4.39. The van der Waals surface area contributed by atoms with Gasteiger partial charge in [-0.25, -0.2) is 0 Å². The number of phenolic OH excluding ortho intramolecular Hbond substituents is 1. The van der Waals surface area contributed by atoms with Gasteiger partial charge in [0.2, 0.25) is 0 Å². The van der Waals surface area contributed by atoms with Crippen LogP contribution in [-0.2, 0) is 4.74 Å². The van der Waals surface area contributed by atoms with Crippen LogP contribution in [0, 0.1) is 0 Å². The van der Waals surface area contributed by atoms with Crippen LogP contribution in [0.5, 0.6) is 5.75 Å². The van der Waals surface area contributed by atoms with Crippen LogP contribution in [0.25, 0.3) is 0 Å². The van der Waals surface area contributed by atoms with E-state index in [2.05, 4.69) is 19.1 Å². The van der Waals surface area contributed by atoms with Crippen LogP contribution < -0.4 is 0 Å². The number of allylic oxidation sites excluding steroid dienone is 4. The highest BCUT2D eigenvalue weighted by atomic mass is 16.5. The molecule has 0 saturated carbocycles. The van der Waals surface area contributed by atoms with Crippen molar-refractivity contribution in [2.75, 3.05) is 7.11 Å². The first-order chi connectivity index (χ1) is 8.20. The van der Waals surface area contributed by atoms with Gasteiger partial charge in [0, 0.05) is 12.3 Å². The quantitative estimate of drug-likeness (QED) is 0.857. The number of ether oxygens (including phenoxy) is 1. The van der Waals surface area contributed by atoms with E-state index in [9.17, 15) is 5.11 Å². The zero-order valence-corrected chi connectivity index (χ0v) is 10.3. The van der Waals surface area contributed by atoms with Gasteiger partial charge in [0.15, 0.2) is 0 Å². The second kappa shape index (κ2) is 5.09. The fourth-order valence-electron chi connectivity index (χ4n) is 2.14. The molecule has 0 amide bonds. The molecule has 1 aliphatic carbocycles. The molecule has 17 heavy (non-hydrogen) atoms. The average molecular weight is 230 g/mol. The van der Waals surface area contributed by atoms with Crippen LogP contribution in [0.15, 0.2) is 47.7 Å². The van der Waals surface area contributed by atoms with E-state index in [1.807, 2.05) is 12.1 Å². The number of aromatic hydroxyl groups is 1. The minimum atomic E-state index is 0.320. The first kappa shape index (κ1) is 11.8. The van der Waals surface area contributed by atoms with Gasteiger partial charge in [0.05, 0.1) is 12.9 Å². The van der Waals surface area contributed by atoms with Crippen molar-refractivity contribution in [1.29, 1.82) is 0 Å². The summed E-state index contributed by atoms with van der Waals surface area (Å²) in [6, 6.07) is 7.45. The molecule has 1 unspecified atom stereocenters. The molecule has 0 radical (unpaired) electrons. The number of methoxy groups -OCH3 is 1. The molecule has 2 rings (SSSR count). The molecule has 0 saturated heterocycles. The van der Waals surface area contributed by atoms with Crippen LogP contribution in [0.2, 0.25) is 0 Å². The molecule has 0 aromatic heterocycles. The Morgan fingerprint density at radius 3 is 2.35 bits per heavy atom. The third-order valence-corrected chi connectivity index (χ3v) is 3.35. The Kier molecular flexibility index (Phi) is 3.52. The molecule has 1 aromatic carbocycles. The lowest BCUT2D eigenvalue weighted by molar-refractivity contribution is 0.275. The number of rotatable bonds is 3. The van der Waals surface area contributed by atoms with Crippen LogP contribution in [0.1, 0.15) is 31.2 Å². The van der Waals surface area contributed by atoms with Gasteiger partial charge in [-0.15, -0.1) is 0 Å². The topological polar surface area (TPSA) is 29.5 Å². The molecule has 1 atom stereocenters. The molecule has 0 bridgehead atoms. The monoisotopic (exact) mass is 230 g/mol. The molecule has 2 nitrogen and oxygen atoms in total. The van der Waals surface area contributed by atoms with Crippen LogP contribution in [-0.4, -0.2) is 12.2 Å². The highest BCUT2D eigenvalue weighted by Crippen LogP contribution is 2.31. The number of hydrogen-bond acceptors (Lipinski definition) is 2. The standard InChI is InChI=1S/C15H18O2/c1-11(12-3-7-14(16)8-4-12)13-5-9-15(17-2)10-6-13/h3-5,7-9,11,16H,6,10H2,1-2H3. The largest absolute Gasteiger partial charge is 0.508 e. The van der Waals surface area contributed by atoms with Gasteiger partial charge in [-0.3, -0.25) is 0 Å². The van der Waals surface area contributed by atoms with E-state index < -0.39 is 0 Å². The van der Waals surface area contributed by atoms with E-state index in [-0.39, 0.29) is 0 Å². The second-order valence-electron chi connectivity index (χ2n) is 4.39. The molecular formula is C15H18O2. The van der Waals surface area contributed by atoms with Crippen LogP contribution in [0.3, 0.4) is 0 Å². The third-order valence-electron chi connectivity index (χ3n) is 3.35. The van der Waals surface area contributed by atoms with E-state index in [1.165, 1.54) is 11.1 Å².